The molecule has 1 aromatic heterocycles. The number of hydrogen-bond donors (Lipinski definition) is 2. The number of hydrogen-bond acceptors (Lipinski definition) is 5. The average Bonchev–Trinajstić information content (AvgIpc) is 2.90. The molecule has 2 aromatic rings. The number of nitrogens with zero attached hydrogens (tertiary/aromatic N) is 4. The minimum atomic E-state index is -0.511. The summed E-state index contributed by atoms with van der Waals surface area (Å²) in [5.41, 5.74) is 6.94. The van der Waals surface area contributed by atoms with Crippen LogP contribution >= 0.6 is 23.2 Å². The molecule has 6 nitrogen and oxygen atoms in total. The van der Waals surface area contributed by atoms with Crippen LogP contribution in [0.15, 0.2) is 30.1 Å². The number of benzene rings is 1. The zero-order valence-electron chi connectivity index (χ0n) is 10.0. The van der Waals surface area contributed by atoms with Crippen LogP contribution in [0.25, 0.3) is 5.82 Å². The zero-order chi connectivity index (χ0) is 14.3. The Bertz CT molecular complexity index is 758. The number of nitriles is 1. The molecule has 3 rings (SSSR count). The van der Waals surface area contributed by atoms with Crippen molar-refractivity contribution in [2.45, 2.75) is 6.04 Å². The fraction of sp³-hybridized carbons (Fsp3) is 0.0833. The van der Waals surface area contributed by atoms with E-state index in [1.165, 1.54) is 11.0 Å². The summed E-state index contributed by atoms with van der Waals surface area (Å²) in [4.78, 5) is 4.04. The first-order valence-corrected chi connectivity index (χ1v) is 6.39. The maximum Gasteiger partial charge on any atom is 0.228 e. The van der Waals surface area contributed by atoms with E-state index in [1.54, 1.807) is 18.2 Å². The van der Waals surface area contributed by atoms with E-state index in [4.69, 9.17) is 28.9 Å². The summed E-state index contributed by atoms with van der Waals surface area (Å²) in [5.74, 6) is 0.669. The van der Waals surface area contributed by atoms with Gasteiger partial charge in [0.15, 0.2) is 0 Å². The van der Waals surface area contributed by atoms with Gasteiger partial charge in [0, 0.05) is 0 Å². The van der Waals surface area contributed by atoms with Crippen molar-refractivity contribution in [1.29, 1.82) is 5.26 Å². The molecule has 8 heteroatoms. The molecule has 100 valence electrons. The van der Waals surface area contributed by atoms with E-state index in [9.17, 15) is 5.26 Å². The summed E-state index contributed by atoms with van der Waals surface area (Å²) >= 11 is 12.2. The molecule has 0 amide bonds. The quantitative estimate of drug-likeness (QED) is 0.844. The van der Waals surface area contributed by atoms with Crippen LogP contribution in [0.2, 0.25) is 10.0 Å². The summed E-state index contributed by atoms with van der Waals surface area (Å²) < 4.78 is 1.37. The largest absolute Gasteiger partial charge is 0.383 e. The molecule has 1 aliphatic rings. The molecule has 0 aliphatic carbocycles. The fourth-order valence-corrected chi connectivity index (χ4v) is 2.49. The second kappa shape index (κ2) is 4.71. The number of halogens is 2. The van der Waals surface area contributed by atoms with Gasteiger partial charge in [-0.1, -0.05) is 35.3 Å². The number of nitrogens with two attached hydrogens (primary N) is 1. The van der Waals surface area contributed by atoms with Crippen molar-refractivity contribution in [3.05, 3.63) is 45.7 Å². The van der Waals surface area contributed by atoms with Crippen molar-refractivity contribution in [3.63, 3.8) is 0 Å². The summed E-state index contributed by atoms with van der Waals surface area (Å²) in [6.45, 7) is 0. The van der Waals surface area contributed by atoms with Crippen LogP contribution < -0.4 is 11.1 Å². The highest BCUT2D eigenvalue weighted by molar-refractivity contribution is 6.42. The highest BCUT2D eigenvalue weighted by Gasteiger charge is 2.30. The molecule has 1 atom stereocenters. The molecule has 3 N–H and O–H groups in total. The molecule has 0 fully saturated rings. The summed E-state index contributed by atoms with van der Waals surface area (Å²) in [5, 5.41) is 17.2. The summed E-state index contributed by atoms with van der Waals surface area (Å²) in [6.07, 6.45) is 1.35. The van der Waals surface area contributed by atoms with Gasteiger partial charge in [-0.05, 0) is 11.6 Å². The van der Waals surface area contributed by atoms with E-state index in [-0.39, 0.29) is 5.82 Å². The number of rotatable bonds is 1. The van der Waals surface area contributed by atoms with Gasteiger partial charge in [0.05, 0.1) is 21.7 Å². The smallest absolute Gasteiger partial charge is 0.228 e. The molecule has 2 heterocycles. The molecule has 1 aromatic carbocycles. The van der Waals surface area contributed by atoms with E-state index in [0.717, 1.165) is 0 Å². The van der Waals surface area contributed by atoms with Gasteiger partial charge in [-0.3, -0.25) is 0 Å². The maximum atomic E-state index is 9.35. The van der Waals surface area contributed by atoms with E-state index >= 15 is 0 Å². The SMILES string of the molecule is N#CC1=C(N)n2ncnc2N[C@@H]1c1cccc(Cl)c1Cl. The van der Waals surface area contributed by atoms with Crippen molar-refractivity contribution in [3.8, 4) is 6.07 Å². The Morgan fingerprint density at radius 1 is 1.40 bits per heavy atom. The maximum absolute atomic E-state index is 9.35. The second-order valence-corrected chi connectivity index (χ2v) is 4.91. The van der Waals surface area contributed by atoms with E-state index in [1.807, 2.05) is 0 Å². The Morgan fingerprint density at radius 2 is 2.20 bits per heavy atom. The van der Waals surface area contributed by atoms with E-state index in [0.29, 0.717) is 27.1 Å². The van der Waals surface area contributed by atoms with Crippen molar-refractivity contribution in [2.24, 2.45) is 5.73 Å². The molecule has 20 heavy (non-hydrogen) atoms. The Labute approximate surface area is 124 Å². The Morgan fingerprint density at radius 3 is 2.95 bits per heavy atom. The summed E-state index contributed by atoms with van der Waals surface area (Å²) in [6, 6.07) is 6.79. The third-order valence-electron chi connectivity index (χ3n) is 3.03. The first-order chi connectivity index (χ1) is 9.63. The lowest BCUT2D eigenvalue weighted by molar-refractivity contribution is 0.795. The second-order valence-electron chi connectivity index (χ2n) is 4.13. The average molecular weight is 307 g/mol. The minimum absolute atomic E-state index is 0.222. The lowest BCUT2D eigenvalue weighted by atomic mass is 9.98. The van der Waals surface area contributed by atoms with Crippen molar-refractivity contribution < 1.29 is 0 Å². The highest BCUT2D eigenvalue weighted by atomic mass is 35.5. The molecule has 0 saturated heterocycles. The Kier molecular flexibility index (Phi) is 3.01. The molecule has 0 bridgehead atoms. The van der Waals surface area contributed by atoms with Gasteiger partial charge in [0.25, 0.3) is 0 Å². The van der Waals surface area contributed by atoms with Gasteiger partial charge in [-0.25, -0.2) is 0 Å². The summed E-state index contributed by atoms with van der Waals surface area (Å²) in [7, 11) is 0. The van der Waals surface area contributed by atoms with Gasteiger partial charge in [-0.2, -0.15) is 20.0 Å². The number of aromatic nitrogens is 3. The van der Waals surface area contributed by atoms with Crippen LogP contribution in [0.1, 0.15) is 11.6 Å². The lowest BCUT2D eigenvalue weighted by Crippen LogP contribution is -2.27. The van der Waals surface area contributed by atoms with Gasteiger partial charge < -0.3 is 11.1 Å². The van der Waals surface area contributed by atoms with Crippen molar-refractivity contribution in [2.75, 3.05) is 5.32 Å². The van der Waals surface area contributed by atoms with Crippen LogP contribution in [-0.2, 0) is 0 Å². The van der Waals surface area contributed by atoms with E-state index in [2.05, 4.69) is 21.5 Å². The number of anilines is 1. The molecular weight excluding hydrogens is 299 g/mol. The first-order valence-electron chi connectivity index (χ1n) is 5.64. The standard InChI is InChI=1S/C12H8Cl2N6/c13-8-3-1-2-6(9(8)14)10-7(4-15)11(16)20-12(19-10)17-5-18-20/h1-3,5,10H,16H2,(H,17,18,19)/t10-/m1/s1. The van der Waals surface area contributed by atoms with Gasteiger partial charge in [0.2, 0.25) is 5.95 Å². The third-order valence-corrected chi connectivity index (χ3v) is 3.86. The topological polar surface area (TPSA) is 92.5 Å². The first kappa shape index (κ1) is 12.8. The van der Waals surface area contributed by atoms with Gasteiger partial charge in [0.1, 0.15) is 18.2 Å². The van der Waals surface area contributed by atoms with Crippen LogP contribution in [0, 0.1) is 11.3 Å². The zero-order valence-corrected chi connectivity index (χ0v) is 11.5. The molecule has 1 aliphatic heterocycles. The molecule has 0 spiro atoms. The van der Waals surface area contributed by atoms with Gasteiger partial charge >= 0.3 is 0 Å². The number of fused-ring (bicyclic) bond motifs is 1. The van der Waals surface area contributed by atoms with Crippen molar-refractivity contribution in [1.82, 2.24) is 14.8 Å². The van der Waals surface area contributed by atoms with Crippen LogP contribution in [0.3, 0.4) is 0 Å². The van der Waals surface area contributed by atoms with Gasteiger partial charge in [-0.15, -0.1) is 0 Å². The Hall–Kier alpha value is -2.23. The van der Waals surface area contributed by atoms with Crippen molar-refractivity contribution >= 4 is 35.0 Å². The van der Waals surface area contributed by atoms with Crippen LogP contribution in [0.4, 0.5) is 5.95 Å². The van der Waals surface area contributed by atoms with Crippen LogP contribution in [-0.4, -0.2) is 14.8 Å². The Balaban J connectivity index is 2.18. The third kappa shape index (κ3) is 1.80. The van der Waals surface area contributed by atoms with Crippen LogP contribution in [0.5, 0.6) is 0 Å². The number of nitrogens with one attached hydrogen (secondary N) is 1. The highest BCUT2D eigenvalue weighted by Crippen LogP contribution is 2.38. The normalized spacial score (nSPS) is 17.4. The molecule has 0 unspecified atom stereocenters. The lowest BCUT2D eigenvalue weighted by Gasteiger charge is -2.26. The predicted octanol–water partition coefficient (Wildman–Crippen LogP) is 2.40. The van der Waals surface area contributed by atoms with E-state index < -0.39 is 6.04 Å². The molecule has 0 radical (unpaired) electrons. The minimum Gasteiger partial charge on any atom is -0.383 e. The fourth-order valence-electron chi connectivity index (χ4n) is 2.08. The predicted molar refractivity (Wildman–Crippen MR) is 75.9 cm³/mol. The molecule has 0 saturated carbocycles. The monoisotopic (exact) mass is 306 g/mol. The molecular formula is C12H8Cl2N6.